The summed E-state index contributed by atoms with van der Waals surface area (Å²) in [6.07, 6.45) is -13.0. The van der Waals surface area contributed by atoms with Gasteiger partial charge in [-0.05, 0) is 13.8 Å². The quantitative estimate of drug-likeness (QED) is 0.0665. The van der Waals surface area contributed by atoms with Crippen molar-refractivity contribution in [1.82, 2.24) is 25.6 Å². The van der Waals surface area contributed by atoms with E-state index >= 15 is 0 Å². The van der Waals surface area contributed by atoms with Gasteiger partial charge in [-0.1, -0.05) is 0 Å². The molecule has 2 saturated heterocycles. The van der Waals surface area contributed by atoms with Gasteiger partial charge in [0, 0.05) is 25.2 Å². The molecule has 1 aromatic rings. The smallest absolute Gasteiger partial charge is 0.352 e. The van der Waals surface area contributed by atoms with Crippen LogP contribution in [0.1, 0.15) is 13.8 Å². The van der Waals surface area contributed by atoms with Crippen LogP contribution in [0.3, 0.4) is 0 Å². The van der Waals surface area contributed by atoms with Gasteiger partial charge in [-0.2, -0.15) is 0 Å². The lowest BCUT2D eigenvalue weighted by Crippen LogP contribution is -2.57. The third kappa shape index (κ3) is 11.7. The van der Waals surface area contributed by atoms with Crippen molar-refractivity contribution >= 4 is 23.7 Å². The standard InChI is InChI=1S/C28H45N5O17/c1-13-21(40)23(42)25(44)27(48-13)46-7-5-29-15(34)10-32(12-17(36)31-9-20(39)50-33-18(37)3-4-19(33)38)11-16(35)30-6-8-47-28-26(45)24(43)22(41)14(2)49-28/h3-4,13-14,21-28,37-38,40-45H,5-12H2,1-2H3,(H,29,34)(H,30,35)(H,31,36). The number of carbonyl (C=O) groups is 4. The molecule has 284 valence electrons. The van der Waals surface area contributed by atoms with Crippen molar-refractivity contribution in [2.75, 3.05) is 52.5 Å². The summed E-state index contributed by atoms with van der Waals surface area (Å²) in [5.74, 6) is -4.38. The second kappa shape index (κ2) is 19.1. The van der Waals surface area contributed by atoms with Gasteiger partial charge in [-0.15, -0.1) is 4.73 Å². The molecule has 0 aromatic carbocycles. The first-order valence-corrected chi connectivity index (χ1v) is 15.5. The van der Waals surface area contributed by atoms with Crippen molar-refractivity contribution in [3.8, 4) is 11.8 Å². The minimum absolute atomic E-state index is 0.119. The summed E-state index contributed by atoms with van der Waals surface area (Å²) in [7, 11) is 0. The van der Waals surface area contributed by atoms with Crippen molar-refractivity contribution in [1.29, 1.82) is 0 Å². The second-order valence-electron chi connectivity index (χ2n) is 11.5. The molecule has 2 fully saturated rings. The Balaban J connectivity index is 1.48. The summed E-state index contributed by atoms with van der Waals surface area (Å²) in [6.45, 7) is 0.0464. The van der Waals surface area contributed by atoms with Crippen molar-refractivity contribution in [2.24, 2.45) is 0 Å². The van der Waals surface area contributed by atoms with Gasteiger partial charge in [-0.25, -0.2) is 4.79 Å². The van der Waals surface area contributed by atoms with Crippen LogP contribution < -0.4 is 20.8 Å². The number of hydrogen-bond donors (Lipinski definition) is 11. The van der Waals surface area contributed by atoms with E-state index in [9.17, 15) is 60.0 Å². The molecule has 0 radical (unpaired) electrons. The third-order valence-corrected chi connectivity index (χ3v) is 7.55. The molecule has 10 atom stereocenters. The fourth-order valence-corrected chi connectivity index (χ4v) is 4.78. The highest BCUT2D eigenvalue weighted by atomic mass is 16.7. The Labute approximate surface area is 285 Å². The molecule has 3 rings (SSSR count). The van der Waals surface area contributed by atoms with Crippen LogP contribution in [0.2, 0.25) is 0 Å². The van der Waals surface area contributed by atoms with Crippen LogP contribution >= 0.6 is 0 Å². The zero-order chi connectivity index (χ0) is 37.1. The molecule has 50 heavy (non-hydrogen) atoms. The molecule has 2 aliphatic rings. The number of aromatic hydroxyl groups is 2. The van der Waals surface area contributed by atoms with E-state index in [-0.39, 0.29) is 26.3 Å². The number of rotatable bonds is 17. The van der Waals surface area contributed by atoms with Crippen LogP contribution in [0, 0.1) is 0 Å². The molecule has 3 amide bonds. The Morgan fingerprint density at radius 3 is 1.50 bits per heavy atom. The first-order valence-electron chi connectivity index (χ1n) is 15.5. The molecular formula is C28H45N5O17. The number of amides is 3. The van der Waals surface area contributed by atoms with Crippen LogP contribution in [0.25, 0.3) is 0 Å². The fraction of sp³-hybridized carbons (Fsp3) is 0.714. The summed E-state index contributed by atoms with van der Waals surface area (Å²) >= 11 is 0. The highest BCUT2D eigenvalue weighted by Crippen LogP contribution is 2.23. The number of ether oxygens (including phenoxy) is 4. The molecule has 2 aliphatic heterocycles. The zero-order valence-electron chi connectivity index (χ0n) is 27.2. The Morgan fingerprint density at radius 2 is 1.08 bits per heavy atom. The number of nitrogens with zero attached hydrogens (tertiary/aromatic N) is 2. The van der Waals surface area contributed by atoms with Gasteiger partial charge >= 0.3 is 5.97 Å². The molecule has 11 N–H and O–H groups in total. The Bertz CT molecular complexity index is 1210. The maximum atomic E-state index is 12.7. The summed E-state index contributed by atoms with van der Waals surface area (Å²) < 4.78 is 21.8. The third-order valence-electron chi connectivity index (χ3n) is 7.55. The molecule has 10 unspecified atom stereocenters. The Kier molecular flexibility index (Phi) is 15.5. The van der Waals surface area contributed by atoms with Crippen molar-refractivity contribution < 1.29 is 83.8 Å². The maximum Gasteiger partial charge on any atom is 0.352 e. The van der Waals surface area contributed by atoms with Crippen LogP contribution in [0.5, 0.6) is 11.8 Å². The van der Waals surface area contributed by atoms with E-state index in [1.807, 2.05) is 0 Å². The Hall–Kier alpha value is -3.68. The molecular weight excluding hydrogens is 678 g/mol. The second-order valence-corrected chi connectivity index (χ2v) is 11.5. The van der Waals surface area contributed by atoms with Crippen LogP contribution in [-0.2, 0) is 38.1 Å². The first kappa shape index (κ1) is 40.7. The van der Waals surface area contributed by atoms with E-state index in [0.29, 0.717) is 4.73 Å². The molecule has 3 heterocycles. The van der Waals surface area contributed by atoms with Gasteiger partial charge in [-0.3, -0.25) is 19.3 Å². The van der Waals surface area contributed by atoms with Gasteiger partial charge < -0.3 is 80.6 Å². The van der Waals surface area contributed by atoms with E-state index in [0.717, 1.165) is 17.0 Å². The van der Waals surface area contributed by atoms with Crippen LogP contribution in [0.15, 0.2) is 12.1 Å². The fourth-order valence-electron chi connectivity index (χ4n) is 4.78. The molecule has 1 aromatic heterocycles. The van der Waals surface area contributed by atoms with E-state index in [2.05, 4.69) is 16.0 Å². The first-order chi connectivity index (χ1) is 23.6. The normalized spacial score (nSPS) is 29.7. The van der Waals surface area contributed by atoms with E-state index in [4.69, 9.17) is 23.8 Å². The van der Waals surface area contributed by atoms with Crippen molar-refractivity contribution in [3.05, 3.63) is 12.1 Å². The van der Waals surface area contributed by atoms with Gasteiger partial charge in [0.2, 0.25) is 29.5 Å². The van der Waals surface area contributed by atoms with Crippen molar-refractivity contribution in [3.63, 3.8) is 0 Å². The van der Waals surface area contributed by atoms with Crippen LogP contribution in [-0.4, -0.2) is 188 Å². The monoisotopic (exact) mass is 723 g/mol. The molecule has 0 aliphatic carbocycles. The van der Waals surface area contributed by atoms with Crippen molar-refractivity contribution in [2.45, 2.75) is 75.3 Å². The van der Waals surface area contributed by atoms with E-state index in [1.165, 1.54) is 13.8 Å². The summed E-state index contributed by atoms with van der Waals surface area (Å²) in [6, 6.07) is 2.11. The minimum atomic E-state index is -1.55. The zero-order valence-corrected chi connectivity index (χ0v) is 27.2. The van der Waals surface area contributed by atoms with Crippen LogP contribution in [0.4, 0.5) is 0 Å². The summed E-state index contributed by atoms with van der Waals surface area (Å²) in [5, 5.41) is 85.8. The highest BCUT2D eigenvalue weighted by molar-refractivity contribution is 5.86. The molecule has 0 bridgehead atoms. The highest BCUT2D eigenvalue weighted by Gasteiger charge is 2.43. The number of aliphatic hydroxyl groups is 6. The molecule has 22 heteroatoms. The lowest BCUT2D eigenvalue weighted by Gasteiger charge is -2.38. The Morgan fingerprint density at radius 1 is 0.680 bits per heavy atom. The lowest BCUT2D eigenvalue weighted by atomic mass is 10.0. The van der Waals surface area contributed by atoms with Gasteiger partial charge in [0.15, 0.2) is 12.6 Å². The molecule has 0 spiro atoms. The summed E-state index contributed by atoms with van der Waals surface area (Å²) in [4.78, 5) is 55.9. The minimum Gasteiger partial charge on any atom is -0.492 e. The molecule has 22 nitrogen and oxygen atoms in total. The maximum absolute atomic E-state index is 12.7. The number of aromatic nitrogens is 1. The summed E-state index contributed by atoms with van der Waals surface area (Å²) in [5.41, 5.74) is 0. The SMILES string of the molecule is CC1OC(OCCNC(=O)CN(CC(=O)NCCOC2OC(C)C(O)C(O)C2O)CC(=O)NCC(=O)On2c(O)ccc2O)C(O)C(O)C1O. The van der Waals surface area contributed by atoms with E-state index < -0.39 is 123 Å². The molecule has 0 saturated carbocycles. The number of hydrogen-bond acceptors (Lipinski definition) is 18. The average Bonchev–Trinajstić information content (AvgIpc) is 3.38. The number of carbonyl (C=O) groups excluding carboxylic acids is 4. The van der Waals surface area contributed by atoms with Gasteiger partial charge in [0.25, 0.3) is 0 Å². The topological polar surface area (TPSA) is 321 Å². The predicted octanol–water partition coefficient (Wildman–Crippen LogP) is -6.81. The average molecular weight is 724 g/mol. The number of aliphatic hydroxyl groups excluding tert-OH is 6. The van der Waals surface area contributed by atoms with Gasteiger partial charge in [0.05, 0.1) is 45.1 Å². The van der Waals surface area contributed by atoms with E-state index in [1.54, 1.807) is 0 Å². The largest absolute Gasteiger partial charge is 0.492 e. The predicted molar refractivity (Wildman–Crippen MR) is 161 cm³/mol. The lowest BCUT2D eigenvalue weighted by molar-refractivity contribution is -0.292. The van der Waals surface area contributed by atoms with Gasteiger partial charge in [0.1, 0.15) is 43.2 Å². The number of nitrogens with one attached hydrogen (secondary N) is 3.